The molecule has 17 nitrogen and oxygen atoms in total. The van der Waals surface area contributed by atoms with Crippen molar-refractivity contribution in [2.75, 3.05) is 19.9 Å². The summed E-state index contributed by atoms with van der Waals surface area (Å²) in [5, 5.41) is 2.58. The zero-order valence-corrected chi connectivity index (χ0v) is 27.6. The minimum Gasteiger partial charge on any atom is -0.463 e. The van der Waals surface area contributed by atoms with E-state index in [1.165, 1.54) is 11.8 Å². The summed E-state index contributed by atoms with van der Waals surface area (Å²) in [6, 6.07) is 2.06. The smallest absolute Gasteiger partial charge is 0.303 e. The van der Waals surface area contributed by atoms with E-state index in [-0.39, 0.29) is 32.1 Å². The molecule has 0 spiro atoms. The number of fused-ring (bicyclic) bond motifs is 6. The van der Waals surface area contributed by atoms with Gasteiger partial charge in [-0.25, -0.2) is 0 Å². The number of Topliss-reactive ketones (excluding diaryl/α,β-unsaturated/α-hetero) is 1. The van der Waals surface area contributed by atoms with Gasteiger partial charge in [-0.1, -0.05) is 0 Å². The number of amides is 2. The van der Waals surface area contributed by atoms with Gasteiger partial charge >= 0.3 is 23.9 Å². The predicted molar refractivity (Wildman–Crippen MR) is 159 cm³/mol. The number of ketones is 1. The van der Waals surface area contributed by atoms with E-state index < -0.39 is 97.5 Å². The highest BCUT2D eigenvalue weighted by Crippen LogP contribution is 2.42. The van der Waals surface area contributed by atoms with Gasteiger partial charge in [0.25, 0.3) is 5.91 Å². The molecule has 0 radical (unpaired) electrons. The number of esters is 4. The Morgan fingerprint density at radius 3 is 2.16 bits per heavy atom. The van der Waals surface area contributed by atoms with Gasteiger partial charge in [-0.3, -0.25) is 33.6 Å². The van der Waals surface area contributed by atoms with Gasteiger partial charge in [-0.05, 0) is 29.7 Å². The molecule has 2 fully saturated rings. The van der Waals surface area contributed by atoms with E-state index in [0.29, 0.717) is 22.6 Å². The molecule has 4 aliphatic rings. The third-order valence-corrected chi connectivity index (χ3v) is 8.42. The van der Waals surface area contributed by atoms with Crippen molar-refractivity contribution in [1.82, 2.24) is 10.2 Å². The first-order chi connectivity index (χ1) is 23.2. The molecule has 1 aromatic rings. The minimum absolute atomic E-state index is 0.00583. The molecule has 2 saturated heterocycles. The summed E-state index contributed by atoms with van der Waals surface area (Å²) in [7, 11) is 0. The van der Waals surface area contributed by atoms with Crippen LogP contribution in [0.15, 0.2) is 12.1 Å². The van der Waals surface area contributed by atoms with Gasteiger partial charge in [-0.15, -0.1) is 0 Å². The van der Waals surface area contributed by atoms with Crippen LogP contribution in [0.5, 0.6) is 11.5 Å². The lowest BCUT2D eigenvalue weighted by Gasteiger charge is -2.46. The third kappa shape index (κ3) is 8.10. The van der Waals surface area contributed by atoms with Crippen molar-refractivity contribution in [2.45, 2.75) is 103 Å². The Balaban J connectivity index is 1.55. The molecule has 0 aromatic heterocycles. The van der Waals surface area contributed by atoms with Crippen LogP contribution >= 0.6 is 0 Å². The molecular formula is C32H38N2O15. The lowest BCUT2D eigenvalue weighted by Crippen LogP contribution is -2.67. The Hall–Kier alpha value is -4.77. The maximum atomic E-state index is 14.2. The molecule has 5 rings (SSSR count). The molecule has 49 heavy (non-hydrogen) atoms. The van der Waals surface area contributed by atoms with E-state index in [0.717, 1.165) is 27.7 Å². The topological polar surface area (TPSA) is 209 Å². The number of rotatable bonds is 8. The van der Waals surface area contributed by atoms with Crippen molar-refractivity contribution in [1.29, 1.82) is 0 Å². The van der Waals surface area contributed by atoms with Crippen LogP contribution in [0.3, 0.4) is 0 Å². The Morgan fingerprint density at radius 2 is 1.53 bits per heavy atom. The van der Waals surface area contributed by atoms with Gasteiger partial charge in [-0.2, -0.15) is 0 Å². The Labute approximate surface area is 280 Å². The first-order valence-corrected chi connectivity index (χ1v) is 15.7. The van der Waals surface area contributed by atoms with Crippen LogP contribution in [0, 0.1) is 0 Å². The van der Waals surface area contributed by atoms with Crippen molar-refractivity contribution < 1.29 is 71.5 Å². The lowest BCUT2D eigenvalue weighted by molar-refractivity contribution is -0.293. The zero-order valence-electron chi connectivity index (χ0n) is 27.6. The molecule has 266 valence electrons. The summed E-state index contributed by atoms with van der Waals surface area (Å²) in [5.41, 5.74) is 1.32. The van der Waals surface area contributed by atoms with Gasteiger partial charge < -0.3 is 48.1 Å². The summed E-state index contributed by atoms with van der Waals surface area (Å²) >= 11 is 0. The van der Waals surface area contributed by atoms with Gasteiger partial charge in [0.15, 0.2) is 30.0 Å². The second kappa shape index (κ2) is 14.8. The quantitative estimate of drug-likeness (QED) is 0.285. The number of hydrogen-bond donors (Lipinski definition) is 1. The number of carbonyl (C=O) groups is 7. The van der Waals surface area contributed by atoms with E-state index in [1.807, 2.05) is 0 Å². The summed E-state index contributed by atoms with van der Waals surface area (Å²) in [6.45, 7) is 5.31. The van der Waals surface area contributed by atoms with E-state index in [1.54, 1.807) is 12.1 Å². The zero-order chi connectivity index (χ0) is 35.6. The van der Waals surface area contributed by atoms with Crippen LogP contribution in [0.1, 0.15) is 64.5 Å². The van der Waals surface area contributed by atoms with E-state index in [2.05, 4.69) is 5.32 Å². The fourth-order valence-corrected chi connectivity index (χ4v) is 6.50. The van der Waals surface area contributed by atoms with Gasteiger partial charge in [0.1, 0.15) is 30.6 Å². The molecule has 1 N–H and O–H groups in total. The van der Waals surface area contributed by atoms with E-state index >= 15 is 0 Å². The normalized spacial score (nSPS) is 29.0. The van der Waals surface area contributed by atoms with E-state index in [4.69, 9.17) is 37.9 Å². The summed E-state index contributed by atoms with van der Waals surface area (Å²) in [5.74, 6) is -4.57. The highest BCUT2D eigenvalue weighted by atomic mass is 16.7. The van der Waals surface area contributed by atoms with Gasteiger partial charge in [0.2, 0.25) is 18.8 Å². The summed E-state index contributed by atoms with van der Waals surface area (Å²) < 4.78 is 45.1. The molecule has 2 amide bonds. The summed E-state index contributed by atoms with van der Waals surface area (Å²) in [6.07, 6.45) is -9.14. The van der Waals surface area contributed by atoms with Crippen LogP contribution in [0.2, 0.25) is 0 Å². The fraction of sp³-hybridized carbons (Fsp3) is 0.594. The van der Waals surface area contributed by atoms with Crippen molar-refractivity contribution in [3.05, 3.63) is 23.3 Å². The number of nitrogens with one attached hydrogen (secondary N) is 1. The molecular weight excluding hydrogens is 652 g/mol. The first-order valence-electron chi connectivity index (χ1n) is 15.7. The Morgan fingerprint density at radius 1 is 0.878 bits per heavy atom. The first kappa shape index (κ1) is 35.5. The Kier molecular flexibility index (Phi) is 10.7. The second-order valence-electron chi connectivity index (χ2n) is 12.1. The maximum absolute atomic E-state index is 14.2. The molecule has 0 unspecified atom stereocenters. The monoisotopic (exact) mass is 690 g/mol. The second-order valence-corrected chi connectivity index (χ2v) is 12.1. The van der Waals surface area contributed by atoms with Crippen molar-refractivity contribution in [3.63, 3.8) is 0 Å². The molecule has 4 heterocycles. The van der Waals surface area contributed by atoms with Gasteiger partial charge in [0.05, 0.1) is 0 Å². The molecule has 8 atom stereocenters. The fourth-order valence-electron chi connectivity index (χ4n) is 6.50. The Bertz CT molecular complexity index is 1530. The van der Waals surface area contributed by atoms with Crippen LogP contribution < -0.4 is 14.8 Å². The molecule has 17 heteroatoms. The van der Waals surface area contributed by atoms with Gasteiger partial charge in [0, 0.05) is 60.0 Å². The number of ether oxygens (including phenoxy) is 8. The summed E-state index contributed by atoms with van der Waals surface area (Å²) in [4.78, 5) is 90.8. The number of carbonyl (C=O) groups excluding carboxylic acids is 7. The van der Waals surface area contributed by atoms with Crippen molar-refractivity contribution in [3.8, 4) is 11.5 Å². The SMILES string of the molecule is CC(=O)N[C@H]1[C@H](O[C@@H]2CC(=O)[C@@H]3CCN(Cc4cc5c(cc43)OCO5)C(=O)[C@H]2OC(C)=O)O[C@H](COC(C)=O)[C@@H](OC(C)=O)[C@@H]1OC(C)=O. The minimum atomic E-state index is -1.65. The van der Waals surface area contributed by atoms with Crippen LogP contribution in [-0.2, 0) is 68.5 Å². The lowest BCUT2D eigenvalue weighted by atomic mass is 9.86. The highest BCUT2D eigenvalue weighted by molar-refractivity contribution is 5.91. The highest BCUT2D eigenvalue weighted by Gasteiger charge is 2.53. The standard InChI is InChI=1S/C32H38N2O15/c1-14(35)33-27-30(47-18(5)39)28(45-16(3)37)26(12-42-15(2)36)49-32(27)48-25-10-22(40)20-6-7-34(31(41)29(25)46-17(4)38)11-19-8-23-24(9-21(19)20)44-13-43-23/h8-9,20,25-30,32H,6-7,10-13H2,1-5H3,(H,33,35)/t20-,25-,26-,27-,28-,29+,30-,32-/m1/s1. The largest absolute Gasteiger partial charge is 0.463 e. The maximum Gasteiger partial charge on any atom is 0.303 e. The average molecular weight is 691 g/mol. The molecule has 0 aliphatic carbocycles. The molecule has 1 aromatic carbocycles. The molecule has 4 aliphatic heterocycles. The van der Waals surface area contributed by atoms with Crippen molar-refractivity contribution >= 4 is 41.5 Å². The number of nitrogens with zero attached hydrogens (tertiary/aromatic N) is 1. The molecule has 0 saturated carbocycles. The van der Waals surface area contributed by atoms with Crippen LogP contribution in [0.4, 0.5) is 0 Å². The van der Waals surface area contributed by atoms with E-state index in [9.17, 15) is 33.6 Å². The predicted octanol–water partition coefficient (Wildman–Crippen LogP) is 0.177. The average Bonchev–Trinajstić information content (AvgIpc) is 3.39. The molecule has 2 bridgehead atoms. The number of hydrogen-bond acceptors (Lipinski definition) is 15. The van der Waals surface area contributed by atoms with Crippen LogP contribution in [0.25, 0.3) is 0 Å². The third-order valence-electron chi connectivity index (χ3n) is 8.42. The van der Waals surface area contributed by atoms with Crippen molar-refractivity contribution in [2.24, 2.45) is 0 Å². The van der Waals surface area contributed by atoms with Crippen LogP contribution in [-0.4, -0.2) is 109 Å². The number of benzene rings is 1.